The van der Waals surface area contributed by atoms with Crippen LogP contribution in [0.2, 0.25) is 0 Å². The van der Waals surface area contributed by atoms with E-state index in [-0.39, 0.29) is 6.10 Å². The van der Waals surface area contributed by atoms with Crippen molar-refractivity contribution in [3.63, 3.8) is 0 Å². The molecule has 0 heterocycles. The van der Waals surface area contributed by atoms with Crippen molar-refractivity contribution in [1.29, 1.82) is 0 Å². The molecule has 0 saturated heterocycles. The maximum Gasteiger partial charge on any atom is 0.0826 e. The van der Waals surface area contributed by atoms with E-state index in [4.69, 9.17) is 0 Å². The smallest absolute Gasteiger partial charge is 0.0826 e. The summed E-state index contributed by atoms with van der Waals surface area (Å²) in [6, 6.07) is 0. The second kappa shape index (κ2) is 6.05. The molecule has 90 valence electrons. The largest absolute Gasteiger partial charge is 0.388 e. The summed E-state index contributed by atoms with van der Waals surface area (Å²) >= 11 is 0. The van der Waals surface area contributed by atoms with Crippen LogP contribution >= 0.6 is 0 Å². The van der Waals surface area contributed by atoms with Gasteiger partial charge in [-0.15, -0.1) is 0 Å². The van der Waals surface area contributed by atoms with Gasteiger partial charge in [0.25, 0.3) is 0 Å². The minimum Gasteiger partial charge on any atom is -0.388 e. The summed E-state index contributed by atoms with van der Waals surface area (Å²) in [4.78, 5) is 0. The summed E-state index contributed by atoms with van der Waals surface area (Å²) in [7, 11) is 0. The summed E-state index contributed by atoms with van der Waals surface area (Å²) < 4.78 is 0. The number of rotatable bonds is 5. The highest BCUT2D eigenvalue weighted by Gasteiger charge is 2.34. The Bertz CT molecular complexity index is 295. The second-order valence-electron chi connectivity index (χ2n) is 4.57. The molecule has 0 aromatic heterocycles. The van der Waals surface area contributed by atoms with Gasteiger partial charge in [-0.25, -0.2) is 0 Å². The molecule has 0 aliphatic heterocycles. The van der Waals surface area contributed by atoms with Gasteiger partial charge in [-0.3, -0.25) is 0 Å². The Morgan fingerprint density at radius 2 is 2.06 bits per heavy atom. The van der Waals surface area contributed by atoms with Crippen molar-refractivity contribution < 1.29 is 5.11 Å². The standard InChI is InChI=1S/C15H24O/c1-5-9-12-10-14(11(6-2)7-3)15(16)13(12)8-4/h5,8-9,11,14-16H,4,6-7,10H2,1-3H3/b9-5-. The summed E-state index contributed by atoms with van der Waals surface area (Å²) in [6.45, 7) is 10.3. The number of aliphatic hydroxyl groups is 1. The van der Waals surface area contributed by atoms with E-state index in [2.05, 4.69) is 26.5 Å². The topological polar surface area (TPSA) is 20.2 Å². The highest BCUT2D eigenvalue weighted by atomic mass is 16.3. The fourth-order valence-electron chi connectivity index (χ4n) is 2.84. The van der Waals surface area contributed by atoms with Crippen molar-refractivity contribution in [2.75, 3.05) is 0 Å². The maximum absolute atomic E-state index is 10.3. The lowest BCUT2D eigenvalue weighted by atomic mass is 9.83. The van der Waals surface area contributed by atoms with Crippen molar-refractivity contribution in [3.05, 3.63) is 36.0 Å². The third kappa shape index (κ3) is 2.46. The summed E-state index contributed by atoms with van der Waals surface area (Å²) in [5.41, 5.74) is 2.30. The Morgan fingerprint density at radius 3 is 2.50 bits per heavy atom. The SMILES string of the molecule is C=CC1=C(/C=C\C)CC(C(CC)CC)C1O. The van der Waals surface area contributed by atoms with Gasteiger partial charge in [0.15, 0.2) is 0 Å². The molecule has 1 aliphatic rings. The lowest BCUT2D eigenvalue weighted by Gasteiger charge is -2.24. The number of aliphatic hydroxyl groups excluding tert-OH is 1. The van der Waals surface area contributed by atoms with E-state index in [0.717, 1.165) is 24.8 Å². The van der Waals surface area contributed by atoms with E-state index in [0.29, 0.717) is 11.8 Å². The van der Waals surface area contributed by atoms with E-state index >= 15 is 0 Å². The molecule has 1 nitrogen and oxygen atoms in total. The van der Waals surface area contributed by atoms with Crippen LogP contribution in [0, 0.1) is 11.8 Å². The Hall–Kier alpha value is -0.820. The van der Waals surface area contributed by atoms with Crippen LogP contribution in [-0.4, -0.2) is 11.2 Å². The maximum atomic E-state index is 10.3. The molecule has 1 rings (SSSR count). The van der Waals surface area contributed by atoms with Crippen molar-refractivity contribution in [2.24, 2.45) is 11.8 Å². The van der Waals surface area contributed by atoms with Gasteiger partial charge in [-0.1, -0.05) is 51.5 Å². The van der Waals surface area contributed by atoms with Crippen LogP contribution in [0.25, 0.3) is 0 Å². The molecular formula is C15H24O. The van der Waals surface area contributed by atoms with Crippen LogP contribution in [0.1, 0.15) is 40.0 Å². The van der Waals surface area contributed by atoms with Gasteiger partial charge >= 0.3 is 0 Å². The molecule has 0 radical (unpaired) electrons. The zero-order valence-corrected chi connectivity index (χ0v) is 10.7. The van der Waals surface area contributed by atoms with E-state index in [1.807, 2.05) is 19.1 Å². The van der Waals surface area contributed by atoms with Crippen LogP contribution in [0.3, 0.4) is 0 Å². The number of hydrogen-bond acceptors (Lipinski definition) is 1. The molecule has 1 N–H and O–H groups in total. The zero-order valence-electron chi connectivity index (χ0n) is 10.7. The lowest BCUT2D eigenvalue weighted by Crippen LogP contribution is -2.24. The normalized spacial score (nSPS) is 26.1. The van der Waals surface area contributed by atoms with Crippen LogP contribution in [0.5, 0.6) is 0 Å². The van der Waals surface area contributed by atoms with Crippen molar-refractivity contribution >= 4 is 0 Å². The molecule has 0 fully saturated rings. The molecule has 0 amide bonds. The van der Waals surface area contributed by atoms with Gasteiger partial charge in [-0.2, -0.15) is 0 Å². The summed E-state index contributed by atoms with van der Waals surface area (Å²) in [5.74, 6) is 1.00. The predicted octanol–water partition coefficient (Wildman–Crippen LogP) is 3.86. The number of allylic oxidation sites excluding steroid dienone is 3. The van der Waals surface area contributed by atoms with E-state index in [9.17, 15) is 5.11 Å². The molecule has 0 saturated carbocycles. The fraction of sp³-hybridized carbons (Fsp3) is 0.600. The third-order valence-corrected chi connectivity index (χ3v) is 3.79. The lowest BCUT2D eigenvalue weighted by molar-refractivity contribution is 0.114. The fourth-order valence-corrected chi connectivity index (χ4v) is 2.84. The molecule has 0 aromatic carbocycles. The Kier molecular flexibility index (Phi) is 5.01. The van der Waals surface area contributed by atoms with E-state index in [1.165, 1.54) is 5.57 Å². The molecule has 1 heteroatoms. The Labute approximate surface area is 99.6 Å². The van der Waals surface area contributed by atoms with Gasteiger partial charge in [0.05, 0.1) is 6.10 Å². The average Bonchev–Trinajstić information content (AvgIpc) is 2.58. The average molecular weight is 220 g/mol. The zero-order chi connectivity index (χ0) is 12.1. The number of hydrogen-bond donors (Lipinski definition) is 1. The monoisotopic (exact) mass is 220 g/mol. The summed E-state index contributed by atoms with van der Waals surface area (Å²) in [6.07, 6.45) is 8.95. The minimum absolute atomic E-state index is 0.311. The van der Waals surface area contributed by atoms with Crippen LogP contribution in [0.4, 0.5) is 0 Å². The van der Waals surface area contributed by atoms with E-state index < -0.39 is 0 Å². The highest BCUT2D eigenvalue weighted by Crippen LogP contribution is 2.39. The van der Waals surface area contributed by atoms with Gasteiger partial charge in [0.1, 0.15) is 0 Å². The first-order valence-corrected chi connectivity index (χ1v) is 6.35. The molecule has 0 bridgehead atoms. The van der Waals surface area contributed by atoms with E-state index in [1.54, 1.807) is 0 Å². The Balaban J connectivity index is 2.89. The van der Waals surface area contributed by atoms with Crippen LogP contribution in [0.15, 0.2) is 36.0 Å². The van der Waals surface area contributed by atoms with Crippen molar-refractivity contribution in [2.45, 2.75) is 46.1 Å². The Morgan fingerprint density at radius 1 is 1.44 bits per heavy atom. The molecule has 16 heavy (non-hydrogen) atoms. The highest BCUT2D eigenvalue weighted by molar-refractivity contribution is 5.40. The van der Waals surface area contributed by atoms with Crippen molar-refractivity contribution in [3.8, 4) is 0 Å². The van der Waals surface area contributed by atoms with Gasteiger partial charge in [0, 0.05) is 0 Å². The van der Waals surface area contributed by atoms with Crippen LogP contribution < -0.4 is 0 Å². The predicted molar refractivity (Wildman–Crippen MR) is 70.2 cm³/mol. The molecular weight excluding hydrogens is 196 g/mol. The first kappa shape index (κ1) is 13.2. The van der Waals surface area contributed by atoms with Crippen LogP contribution in [-0.2, 0) is 0 Å². The quantitative estimate of drug-likeness (QED) is 0.746. The van der Waals surface area contributed by atoms with Gasteiger partial charge < -0.3 is 5.11 Å². The molecule has 2 atom stereocenters. The van der Waals surface area contributed by atoms with Gasteiger partial charge in [0.2, 0.25) is 0 Å². The van der Waals surface area contributed by atoms with Crippen molar-refractivity contribution in [1.82, 2.24) is 0 Å². The second-order valence-corrected chi connectivity index (χ2v) is 4.57. The minimum atomic E-state index is -0.311. The molecule has 1 aliphatic carbocycles. The van der Waals surface area contributed by atoms with Gasteiger partial charge in [-0.05, 0) is 36.3 Å². The first-order chi connectivity index (χ1) is 7.69. The first-order valence-electron chi connectivity index (χ1n) is 6.35. The summed E-state index contributed by atoms with van der Waals surface area (Å²) in [5, 5.41) is 10.3. The molecule has 0 spiro atoms. The molecule has 2 unspecified atom stereocenters. The third-order valence-electron chi connectivity index (χ3n) is 3.79. The molecule has 0 aromatic rings.